The first-order chi connectivity index (χ1) is 8.05. The minimum atomic E-state index is -4.73. The Kier molecular flexibility index (Phi) is 4.27. The number of nitrogens with zero attached hydrogens (tertiary/aromatic N) is 2. The Morgan fingerprint density at radius 2 is 2.06 bits per heavy atom. The maximum atomic E-state index is 12.6. The first kappa shape index (κ1) is 15.2. The van der Waals surface area contributed by atoms with Gasteiger partial charge in [-0.1, -0.05) is 0 Å². The van der Waals surface area contributed by atoms with Crippen LogP contribution in [0.25, 0.3) is 0 Å². The van der Waals surface area contributed by atoms with E-state index in [1.807, 2.05) is 7.05 Å². The van der Waals surface area contributed by atoms with Crippen molar-refractivity contribution in [2.24, 2.45) is 11.7 Å². The van der Waals surface area contributed by atoms with Crippen LogP contribution < -0.4 is 5.73 Å². The average Bonchev–Trinajstić information content (AvgIpc) is 2.61. The van der Waals surface area contributed by atoms with Crippen molar-refractivity contribution >= 4 is 5.91 Å². The lowest BCUT2D eigenvalue weighted by Crippen LogP contribution is -2.62. The van der Waals surface area contributed by atoms with Crippen LogP contribution in [0.1, 0.15) is 13.3 Å². The van der Waals surface area contributed by atoms with E-state index in [1.54, 1.807) is 0 Å². The second-order valence-corrected chi connectivity index (χ2v) is 5.30. The van der Waals surface area contributed by atoms with Crippen molar-refractivity contribution in [3.8, 4) is 0 Å². The van der Waals surface area contributed by atoms with Gasteiger partial charge in [0.05, 0.1) is 0 Å². The summed E-state index contributed by atoms with van der Waals surface area (Å²) >= 11 is 0. The Hall–Kier alpha value is -0.820. The molecule has 1 amide bonds. The van der Waals surface area contributed by atoms with Crippen LogP contribution in [0, 0.1) is 5.92 Å². The summed E-state index contributed by atoms with van der Waals surface area (Å²) in [5, 5.41) is 0. The lowest BCUT2D eigenvalue weighted by Gasteiger charge is -2.32. The molecule has 0 aromatic heterocycles. The number of likely N-dealkylation sites (tertiary alicyclic amines) is 1. The zero-order valence-corrected chi connectivity index (χ0v) is 10.9. The molecule has 1 fully saturated rings. The molecular formula is C11H20F3N3O. The minimum Gasteiger partial charge on any atom is -0.344 e. The molecule has 1 heterocycles. The number of hydrogen-bond donors (Lipinski definition) is 1. The van der Waals surface area contributed by atoms with Crippen LogP contribution in [-0.4, -0.2) is 61.2 Å². The van der Waals surface area contributed by atoms with Gasteiger partial charge < -0.3 is 15.5 Å². The zero-order chi connectivity index (χ0) is 14.1. The molecule has 0 radical (unpaired) electrons. The molecule has 0 bridgehead atoms. The lowest BCUT2D eigenvalue weighted by molar-refractivity contribution is -0.193. The van der Waals surface area contributed by atoms with Crippen molar-refractivity contribution in [1.29, 1.82) is 0 Å². The van der Waals surface area contributed by atoms with Crippen molar-refractivity contribution in [1.82, 2.24) is 9.80 Å². The second-order valence-electron chi connectivity index (χ2n) is 5.30. The molecular weight excluding hydrogens is 247 g/mol. The quantitative estimate of drug-likeness (QED) is 0.818. The molecule has 106 valence electrons. The summed E-state index contributed by atoms with van der Waals surface area (Å²) in [5.74, 6) is -0.863. The largest absolute Gasteiger partial charge is 0.415 e. The van der Waals surface area contributed by atoms with Crippen LogP contribution in [0.2, 0.25) is 0 Å². The number of alkyl halides is 3. The topological polar surface area (TPSA) is 49.6 Å². The number of amides is 1. The van der Waals surface area contributed by atoms with Crippen LogP contribution in [0.15, 0.2) is 0 Å². The Balaban J connectivity index is 2.61. The normalized spacial score (nSPS) is 24.9. The second kappa shape index (κ2) is 5.05. The highest BCUT2D eigenvalue weighted by Gasteiger charge is 2.55. The number of carbonyl (C=O) groups is 1. The van der Waals surface area contributed by atoms with E-state index in [1.165, 1.54) is 7.05 Å². The van der Waals surface area contributed by atoms with E-state index in [9.17, 15) is 18.0 Å². The van der Waals surface area contributed by atoms with Gasteiger partial charge in [-0.05, 0) is 32.9 Å². The van der Waals surface area contributed by atoms with Crippen molar-refractivity contribution in [2.75, 3.05) is 33.7 Å². The summed E-state index contributed by atoms with van der Waals surface area (Å²) in [6, 6.07) is 0. The van der Waals surface area contributed by atoms with Crippen molar-refractivity contribution in [2.45, 2.75) is 25.1 Å². The fourth-order valence-electron chi connectivity index (χ4n) is 2.16. The average molecular weight is 267 g/mol. The van der Waals surface area contributed by atoms with Gasteiger partial charge in [0.1, 0.15) is 0 Å². The van der Waals surface area contributed by atoms with Gasteiger partial charge in [-0.25, -0.2) is 0 Å². The molecule has 2 N–H and O–H groups in total. The van der Waals surface area contributed by atoms with Gasteiger partial charge in [0.15, 0.2) is 5.54 Å². The molecule has 1 aliphatic rings. The smallest absolute Gasteiger partial charge is 0.344 e. The third kappa shape index (κ3) is 3.14. The molecule has 2 unspecified atom stereocenters. The summed E-state index contributed by atoms with van der Waals surface area (Å²) < 4.78 is 37.9. The summed E-state index contributed by atoms with van der Waals surface area (Å²) in [6.45, 7) is 2.73. The standard InChI is InChI=1S/C11H20F3N3O/c1-10(15,11(12,13)14)9(18)17(3)7-8-4-5-16(2)6-8/h8H,4-7,15H2,1-3H3. The molecule has 1 saturated heterocycles. The number of rotatable bonds is 3. The first-order valence-electron chi connectivity index (χ1n) is 5.85. The Bertz CT molecular complexity index is 317. The van der Waals surface area contributed by atoms with E-state index >= 15 is 0 Å². The lowest BCUT2D eigenvalue weighted by atomic mass is 10.0. The van der Waals surface area contributed by atoms with Crippen molar-refractivity contribution < 1.29 is 18.0 Å². The Morgan fingerprint density at radius 1 is 1.50 bits per heavy atom. The fourth-order valence-corrected chi connectivity index (χ4v) is 2.16. The summed E-state index contributed by atoms with van der Waals surface area (Å²) in [5.41, 5.74) is 2.30. The van der Waals surface area contributed by atoms with E-state index in [0.29, 0.717) is 13.5 Å². The maximum Gasteiger partial charge on any atom is 0.415 e. The predicted octanol–water partition coefficient (Wildman–Crippen LogP) is 0.676. The van der Waals surface area contributed by atoms with Crippen molar-refractivity contribution in [3.05, 3.63) is 0 Å². The molecule has 4 nitrogen and oxygen atoms in total. The SMILES string of the molecule is CN1CCC(CN(C)C(=O)C(C)(N)C(F)(F)F)C1. The molecule has 0 aliphatic carbocycles. The molecule has 0 aromatic rings. The van der Waals surface area contributed by atoms with Crippen LogP contribution in [0.3, 0.4) is 0 Å². The summed E-state index contributed by atoms with van der Waals surface area (Å²) in [6.07, 6.45) is -3.84. The van der Waals surface area contributed by atoms with E-state index in [0.717, 1.165) is 24.4 Å². The predicted molar refractivity (Wildman–Crippen MR) is 61.9 cm³/mol. The molecule has 0 saturated carbocycles. The Morgan fingerprint density at radius 3 is 2.44 bits per heavy atom. The number of likely N-dealkylation sites (N-methyl/N-ethyl adjacent to an activating group) is 1. The van der Waals surface area contributed by atoms with Crippen LogP contribution >= 0.6 is 0 Å². The van der Waals surface area contributed by atoms with Crippen molar-refractivity contribution in [3.63, 3.8) is 0 Å². The monoisotopic (exact) mass is 267 g/mol. The highest BCUT2D eigenvalue weighted by molar-refractivity contribution is 5.86. The van der Waals surface area contributed by atoms with E-state index in [4.69, 9.17) is 5.73 Å². The van der Waals surface area contributed by atoms with Crippen LogP contribution in [0.4, 0.5) is 13.2 Å². The summed E-state index contributed by atoms with van der Waals surface area (Å²) in [7, 11) is 3.32. The van der Waals surface area contributed by atoms with E-state index in [2.05, 4.69) is 4.90 Å². The third-order valence-corrected chi connectivity index (χ3v) is 3.40. The highest BCUT2D eigenvalue weighted by atomic mass is 19.4. The third-order valence-electron chi connectivity index (χ3n) is 3.40. The molecule has 2 atom stereocenters. The molecule has 1 aliphatic heterocycles. The van der Waals surface area contributed by atoms with Crippen LogP contribution in [-0.2, 0) is 4.79 Å². The first-order valence-corrected chi connectivity index (χ1v) is 5.85. The zero-order valence-electron chi connectivity index (χ0n) is 10.9. The number of nitrogens with two attached hydrogens (primary N) is 1. The van der Waals surface area contributed by atoms with Gasteiger partial charge in [0.2, 0.25) is 0 Å². The number of carbonyl (C=O) groups excluding carboxylic acids is 1. The summed E-state index contributed by atoms with van der Waals surface area (Å²) in [4.78, 5) is 14.9. The number of hydrogen-bond acceptors (Lipinski definition) is 3. The fraction of sp³-hybridized carbons (Fsp3) is 0.909. The van der Waals surface area contributed by atoms with Gasteiger partial charge in [-0.2, -0.15) is 13.2 Å². The molecule has 0 spiro atoms. The molecule has 0 aromatic carbocycles. The molecule has 1 rings (SSSR count). The Labute approximate surface area is 105 Å². The van der Waals surface area contributed by atoms with E-state index in [-0.39, 0.29) is 5.92 Å². The minimum absolute atomic E-state index is 0.216. The highest BCUT2D eigenvalue weighted by Crippen LogP contribution is 2.29. The van der Waals surface area contributed by atoms with Gasteiger partial charge in [-0.3, -0.25) is 4.79 Å². The maximum absolute atomic E-state index is 12.6. The van der Waals surface area contributed by atoms with Gasteiger partial charge in [0, 0.05) is 20.1 Å². The van der Waals surface area contributed by atoms with Crippen LogP contribution in [0.5, 0.6) is 0 Å². The van der Waals surface area contributed by atoms with Gasteiger partial charge >= 0.3 is 6.18 Å². The molecule has 18 heavy (non-hydrogen) atoms. The number of halogens is 3. The molecule has 7 heteroatoms. The van der Waals surface area contributed by atoms with E-state index < -0.39 is 17.6 Å². The van der Waals surface area contributed by atoms with Gasteiger partial charge in [-0.15, -0.1) is 0 Å². The van der Waals surface area contributed by atoms with Gasteiger partial charge in [0.25, 0.3) is 5.91 Å².